The molecule has 0 aliphatic heterocycles. The lowest BCUT2D eigenvalue weighted by Gasteiger charge is -2.27. The zero-order valence-corrected chi connectivity index (χ0v) is 25.6. The molecule has 0 radical (unpaired) electrons. The molecule has 4 aromatic carbocycles. The van der Waals surface area contributed by atoms with Gasteiger partial charge in [-0.15, -0.1) is 0 Å². The summed E-state index contributed by atoms with van der Waals surface area (Å²) in [5.41, 5.74) is 1.31. The molecule has 0 N–H and O–H groups in total. The standard InChI is InChI=1S/C36H34F2N2O5/c1-5-43-30-17-27(18-31(19-30)44-6-2)39-21-33(36(42)40(23(3)4)28-15-25(37)14-26(38)16-28)35(41)32-13-12-29(20-34(32)39)45-22-24-10-8-7-9-11-24/h7-21,23H,5-6,22H2,1-4H3. The van der Waals surface area contributed by atoms with Crippen molar-refractivity contribution < 1.29 is 27.8 Å². The fourth-order valence-electron chi connectivity index (χ4n) is 5.16. The molecule has 0 fully saturated rings. The first-order valence-electron chi connectivity index (χ1n) is 14.7. The maximum Gasteiger partial charge on any atom is 0.264 e. The Hall–Kier alpha value is -5.18. The summed E-state index contributed by atoms with van der Waals surface area (Å²) in [6.45, 7) is 8.28. The number of halogens is 2. The van der Waals surface area contributed by atoms with E-state index in [9.17, 15) is 18.4 Å². The second-order valence-electron chi connectivity index (χ2n) is 10.6. The predicted octanol–water partition coefficient (Wildman–Crippen LogP) is 7.70. The van der Waals surface area contributed by atoms with Gasteiger partial charge in [0.05, 0.1) is 30.1 Å². The van der Waals surface area contributed by atoms with Crippen LogP contribution >= 0.6 is 0 Å². The third kappa shape index (κ3) is 6.98. The van der Waals surface area contributed by atoms with Gasteiger partial charge < -0.3 is 23.7 Å². The highest BCUT2D eigenvalue weighted by atomic mass is 19.1. The minimum absolute atomic E-state index is 0.000169. The van der Waals surface area contributed by atoms with Gasteiger partial charge in [-0.05, 0) is 57.5 Å². The second-order valence-corrected chi connectivity index (χ2v) is 10.6. The number of nitrogens with zero attached hydrogens (tertiary/aromatic N) is 2. The van der Waals surface area contributed by atoms with Gasteiger partial charge in [0, 0.05) is 48.0 Å². The smallest absolute Gasteiger partial charge is 0.264 e. The van der Waals surface area contributed by atoms with Gasteiger partial charge in [-0.25, -0.2) is 8.78 Å². The maximum absolute atomic E-state index is 14.2. The average molecular weight is 613 g/mol. The van der Waals surface area contributed by atoms with Crippen LogP contribution in [0.3, 0.4) is 0 Å². The first-order chi connectivity index (χ1) is 21.7. The zero-order valence-electron chi connectivity index (χ0n) is 25.6. The molecule has 1 amide bonds. The van der Waals surface area contributed by atoms with Crippen molar-refractivity contribution in [2.75, 3.05) is 18.1 Å². The lowest BCUT2D eigenvalue weighted by molar-refractivity contribution is 0.0979. The zero-order chi connectivity index (χ0) is 32.1. The summed E-state index contributed by atoms with van der Waals surface area (Å²) >= 11 is 0. The highest BCUT2D eigenvalue weighted by Crippen LogP contribution is 2.30. The Balaban J connectivity index is 1.71. The van der Waals surface area contributed by atoms with Crippen LogP contribution in [0, 0.1) is 11.6 Å². The number of amides is 1. The number of hydrogen-bond acceptors (Lipinski definition) is 5. The quantitative estimate of drug-likeness (QED) is 0.153. The minimum Gasteiger partial charge on any atom is -0.494 e. The number of benzene rings is 4. The summed E-state index contributed by atoms with van der Waals surface area (Å²) in [6.07, 6.45) is 1.44. The molecule has 0 saturated heterocycles. The van der Waals surface area contributed by atoms with Gasteiger partial charge in [0.25, 0.3) is 5.91 Å². The van der Waals surface area contributed by atoms with Crippen molar-refractivity contribution in [2.45, 2.75) is 40.3 Å². The Morgan fingerprint density at radius 1 is 0.800 bits per heavy atom. The molecule has 7 nitrogen and oxygen atoms in total. The van der Waals surface area contributed by atoms with Crippen molar-refractivity contribution >= 4 is 22.5 Å². The second kappa shape index (κ2) is 13.6. The third-order valence-electron chi connectivity index (χ3n) is 7.08. The van der Waals surface area contributed by atoms with Crippen LogP contribution < -0.4 is 24.5 Å². The van der Waals surface area contributed by atoms with Crippen molar-refractivity contribution in [3.63, 3.8) is 0 Å². The summed E-state index contributed by atoms with van der Waals surface area (Å²) in [6, 6.07) is 22.4. The van der Waals surface area contributed by atoms with E-state index in [0.717, 1.165) is 23.8 Å². The highest BCUT2D eigenvalue weighted by molar-refractivity contribution is 6.08. The number of fused-ring (bicyclic) bond motifs is 1. The van der Waals surface area contributed by atoms with Crippen molar-refractivity contribution in [2.24, 2.45) is 0 Å². The molecule has 0 unspecified atom stereocenters. The molecule has 45 heavy (non-hydrogen) atoms. The van der Waals surface area contributed by atoms with Gasteiger partial charge in [0.1, 0.15) is 41.1 Å². The van der Waals surface area contributed by atoms with Gasteiger partial charge in [-0.2, -0.15) is 0 Å². The molecule has 9 heteroatoms. The SMILES string of the molecule is CCOc1cc(OCC)cc(-n2cc(C(=O)N(c3cc(F)cc(F)c3)C(C)C)c(=O)c3ccc(OCc4ccccc4)cc32)c1. The number of carbonyl (C=O) groups excluding carboxylic acids is 1. The lowest BCUT2D eigenvalue weighted by atomic mass is 10.1. The molecule has 5 aromatic rings. The van der Waals surface area contributed by atoms with Gasteiger partial charge >= 0.3 is 0 Å². The summed E-state index contributed by atoms with van der Waals surface area (Å²) in [5.74, 6) is -0.783. The number of rotatable bonds is 11. The number of hydrogen-bond donors (Lipinski definition) is 0. The largest absolute Gasteiger partial charge is 0.494 e. The highest BCUT2D eigenvalue weighted by Gasteiger charge is 2.26. The fraction of sp³-hybridized carbons (Fsp3) is 0.222. The number of pyridine rings is 1. The Morgan fingerprint density at radius 2 is 1.44 bits per heavy atom. The van der Waals surface area contributed by atoms with Crippen molar-refractivity contribution in [3.05, 3.63) is 124 Å². The number of anilines is 1. The lowest BCUT2D eigenvalue weighted by Crippen LogP contribution is -2.40. The topological polar surface area (TPSA) is 70.0 Å². The van der Waals surface area contributed by atoms with Crippen LogP contribution in [-0.4, -0.2) is 29.7 Å². The van der Waals surface area contributed by atoms with Crippen LogP contribution in [0.5, 0.6) is 17.2 Å². The predicted molar refractivity (Wildman–Crippen MR) is 171 cm³/mol. The Morgan fingerprint density at radius 3 is 2.04 bits per heavy atom. The van der Waals surface area contributed by atoms with E-state index in [1.54, 1.807) is 54.8 Å². The first kappa shape index (κ1) is 31.3. The number of carbonyl (C=O) groups is 1. The molecule has 1 heterocycles. The van der Waals surface area contributed by atoms with Crippen molar-refractivity contribution in [3.8, 4) is 22.9 Å². The number of aromatic nitrogens is 1. The molecule has 232 valence electrons. The molecular weight excluding hydrogens is 578 g/mol. The monoisotopic (exact) mass is 612 g/mol. The Bertz CT molecular complexity index is 1840. The molecule has 0 bridgehead atoms. The van der Waals surface area contributed by atoms with E-state index in [1.807, 2.05) is 44.2 Å². The van der Waals surface area contributed by atoms with E-state index in [2.05, 4.69) is 0 Å². The molecule has 0 atom stereocenters. The molecule has 5 rings (SSSR count). The van der Waals surface area contributed by atoms with Gasteiger partial charge in [-0.3, -0.25) is 9.59 Å². The van der Waals surface area contributed by atoms with E-state index >= 15 is 0 Å². The van der Waals surface area contributed by atoms with Gasteiger partial charge in [0.15, 0.2) is 0 Å². The van der Waals surface area contributed by atoms with E-state index in [4.69, 9.17) is 14.2 Å². The summed E-state index contributed by atoms with van der Waals surface area (Å²) in [5, 5.41) is 0.252. The summed E-state index contributed by atoms with van der Waals surface area (Å²) < 4.78 is 47.8. The van der Waals surface area contributed by atoms with Crippen LogP contribution in [0.4, 0.5) is 14.5 Å². The van der Waals surface area contributed by atoms with Crippen LogP contribution in [0.15, 0.2) is 95.9 Å². The third-order valence-corrected chi connectivity index (χ3v) is 7.08. The molecule has 0 spiro atoms. The van der Waals surface area contributed by atoms with E-state index in [0.29, 0.717) is 48.3 Å². The van der Waals surface area contributed by atoms with E-state index in [-0.39, 0.29) is 16.6 Å². The normalized spacial score (nSPS) is 11.1. The Kier molecular flexibility index (Phi) is 9.47. The molecular formula is C36H34F2N2O5. The molecule has 0 aliphatic carbocycles. The molecule has 1 aromatic heterocycles. The van der Waals surface area contributed by atoms with Crippen LogP contribution in [-0.2, 0) is 6.61 Å². The molecule has 0 saturated carbocycles. The van der Waals surface area contributed by atoms with Crippen LogP contribution in [0.25, 0.3) is 16.6 Å². The molecule has 0 aliphatic rings. The summed E-state index contributed by atoms with van der Waals surface area (Å²) in [7, 11) is 0. The number of ether oxygens (including phenoxy) is 3. The average Bonchev–Trinajstić information content (AvgIpc) is 3.00. The minimum atomic E-state index is -0.835. The fourth-order valence-corrected chi connectivity index (χ4v) is 5.16. The van der Waals surface area contributed by atoms with Crippen LogP contribution in [0.1, 0.15) is 43.6 Å². The van der Waals surface area contributed by atoms with E-state index in [1.165, 1.54) is 11.1 Å². The summed E-state index contributed by atoms with van der Waals surface area (Å²) in [4.78, 5) is 29.3. The van der Waals surface area contributed by atoms with E-state index < -0.39 is 29.0 Å². The van der Waals surface area contributed by atoms with Crippen molar-refractivity contribution in [1.82, 2.24) is 4.57 Å². The van der Waals surface area contributed by atoms with Gasteiger partial charge in [-0.1, -0.05) is 30.3 Å². The van der Waals surface area contributed by atoms with Gasteiger partial charge in [0.2, 0.25) is 5.43 Å². The Labute approximate surface area is 260 Å². The van der Waals surface area contributed by atoms with Crippen molar-refractivity contribution in [1.29, 1.82) is 0 Å². The first-order valence-corrected chi connectivity index (χ1v) is 14.7. The maximum atomic E-state index is 14.2. The van der Waals surface area contributed by atoms with Crippen LogP contribution in [0.2, 0.25) is 0 Å².